The lowest BCUT2D eigenvalue weighted by Crippen LogP contribution is -2.29. The van der Waals surface area contributed by atoms with Crippen molar-refractivity contribution >= 4 is 11.8 Å². The Bertz CT molecular complexity index is 191. The van der Waals surface area contributed by atoms with E-state index in [2.05, 4.69) is 10.6 Å². The van der Waals surface area contributed by atoms with Crippen LogP contribution in [0.25, 0.3) is 0 Å². The van der Waals surface area contributed by atoms with Gasteiger partial charge in [-0.3, -0.25) is 9.59 Å². The highest BCUT2D eigenvalue weighted by Crippen LogP contribution is 1.97. The van der Waals surface area contributed by atoms with E-state index in [4.69, 9.17) is 0 Å². The largest absolute Gasteiger partial charge is 0.356 e. The van der Waals surface area contributed by atoms with Gasteiger partial charge in [-0.1, -0.05) is 13.8 Å². The Morgan fingerprint density at radius 1 is 1.14 bits per heavy atom. The van der Waals surface area contributed by atoms with E-state index < -0.39 is 0 Å². The topological polar surface area (TPSA) is 58.2 Å². The first kappa shape index (κ1) is 12.9. The molecule has 0 aromatic heterocycles. The summed E-state index contributed by atoms with van der Waals surface area (Å²) in [4.78, 5) is 21.6. The minimum absolute atomic E-state index is 0.0292. The second kappa shape index (κ2) is 7.35. The third kappa shape index (κ3) is 9.03. The first-order valence-electron chi connectivity index (χ1n) is 5.03. The highest BCUT2D eigenvalue weighted by Gasteiger charge is 2.02. The van der Waals surface area contributed by atoms with Crippen molar-refractivity contribution in [2.45, 2.75) is 33.6 Å². The van der Waals surface area contributed by atoms with Gasteiger partial charge in [0.15, 0.2) is 0 Å². The van der Waals surface area contributed by atoms with Gasteiger partial charge in [-0.05, 0) is 12.3 Å². The van der Waals surface area contributed by atoms with Gasteiger partial charge in [0.25, 0.3) is 0 Å². The molecule has 2 amide bonds. The van der Waals surface area contributed by atoms with Crippen LogP contribution in [-0.2, 0) is 9.59 Å². The van der Waals surface area contributed by atoms with E-state index in [0.29, 0.717) is 25.4 Å². The maximum Gasteiger partial charge on any atom is 0.220 e. The molecule has 0 aliphatic rings. The highest BCUT2D eigenvalue weighted by molar-refractivity contribution is 5.76. The van der Waals surface area contributed by atoms with E-state index >= 15 is 0 Å². The van der Waals surface area contributed by atoms with Crippen LogP contribution in [0.1, 0.15) is 33.6 Å². The molecule has 0 radical (unpaired) electrons. The van der Waals surface area contributed by atoms with Crippen molar-refractivity contribution in [1.82, 2.24) is 10.6 Å². The lowest BCUT2D eigenvalue weighted by atomic mass is 10.1. The molecule has 0 unspecified atom stereocenters. The van der Waals surface area contributed by atoms with Crippen LogP contribution < -0.4 is 10.6 Å². The predicted molar refractivity (Wildman–Crippen MR) is 55.8 cm³/mol. The van der Waals surface area contributed by atoms with Gasteiger partial charge in [0.05, 0.1) is 0 Å². The molecule has 4 nitrogen and oxygen atoms in total. The van der Waals surface area contributed by atoms with Crippen LogP contribution in [0.4, 0.5) is 0 Å². The molecule has 0 aromatic carbocycles. The molecule has 0 saturated heterocycles. The van der Waals surface area contributed by atoms with Gasteiger partial charge in [-0.15, -0.1) is 0 Å². The van der Waals surface area contributed by atoms with E-state index in [-0.39, 0.29) is 11.8 Å². The Balaban J connectivity index is 3.27. The maximum absolute atomic E-state index is 11.2. The maximum atomic E-state index is 11.2. The van der Waals surface area contributed by atoms with E-state index in [1.165, 1.54) is 6.92 Å². The van der Waals surface area contributed by atoms with Crippen molar-refractivity contribution in [2.75, 3.05) is 13.1 Å². The summed E-state index contributed by atoms with van der Waals surface area (Å²) in [5.74, 6) is 0.451. The first-order chi connectivity index (χ1) is 6.52. The first-order valence-corrected chi connectivity index (χ1v) is 5.03. The van der Waals surface area contributed by atoms with Gasteiger partial charge in [0.2, 0.25) is 11.8 Å². The van der Waals surface area contributed by atoms with Crippen LogP contribution in [0, 0.1) is 5.92 Å². The van der Waals surface area contributed by atoms with Gasteiger partial charge in [0.1, 0.15) is 0 Å². The Hall–Kier alpha value is -1.06. The molecule has 0 bridgehead atoms. The zero-order valence-corrected chi connectivity index (χ0v) is 9.22. The van der Waals surface area contributed by atoms with E-state index in [1.54, 1.807) is 0 Å². The van der Waals surface area contributed by atoms with Crippen molar-refractivity contribution in [3.05, 3.63) is 0 Å². The molecule has 0 heterocycles. The lowest BCUT2D eigenvalue weighted by Gasteiger charge is -2.06. The third-order valence-corrected chi connectivity index (χ3v) is 1.64. The Morgan fingerprint density at radius 3 is 2.21 bits per heavy atom. The molecule has 0 spiro atoms. The molecule has 82 valence electrons. The molecule has 0 saturated carbocycles. The zero-order valence-electron chi connectivity index (χ0n) is 9.22. The van der Waals surface area contributed by atoms with Gasteiger partial charge in [-0.25, -0.2) is 0 Å². The van der Waals surface area contributed by atoms with Crippen LogP contribution >= 0.6 is 0 Å². The Labute approximate surface area is 85.4 Å². The van der Waals surface area contributed by atoms with Crippen molar-refractivity contribution in [3.63, 3.8) is 0 Å². The number of hydrogen-bond donors (Lipinski definition) is 2. The quantitative estimate of drug-likeness (QED) is 0.619. The lowest BCUT2D eigenvalue weighted by molar-refractivity contribution is -0.121. The van der Waals surface area contributed by atoms with Crippen molar-refractivity contribution < 1.29 is 9.59 Å². The summed E-state index contributed by atoms with van der Waals surface area (Å²) >= 11 is 0. The minimum Gasteiger partial charge on any atom is -0.356 e. The van der Waals surface area contributed by atoms with Gasteiger partial charge < -0.3 is 10.6 Å². The fourth-order valence-electron chi connectivity index (χ4n) is 1.02. The molecule has 0 aliphatic carbocycles. The molecular formula is C10H20N2O2. The van der Waals surface area contributed by atoms with E-state index in [1.807, 2.05) is 13.8 Å². The number of nitrogens with one attached hydrogen (secondary N) is 2. The Morgan fingerprint density at radius 2 is 1.71 bits per heavy atom. The standard InChI is InChI=1S/C10H20N2O2/c1-8(2)7-10(14)12-6-4-5-11-9(3)13/h8H,4-7H2,1-3H3,(H,11,13)(H,12,14). The van der Waals surface area contributed by atoms with Crippen LogP contribution in [0.15, 0.2) is 0 Å². The highest BCUT2D eigenvalue weighted by atomic mass is 16.2. The molecule has 2 N–H and O–H groups in total. The summed E-state index contributed by atoms with van der Waals surface area (Å²) in [6.07, 6.45) is 1.35. The second-order valence-corrected chi connectivity index (χ2v) is 3.78. The average molecular weight is 200 g/mol. The summed E-state index contributed by atoms with van der Waals surface area (Å²) in [5, 5.41) is 5.47. The predicted octanol–water partition coefficient (Wildman–Crippen LogP) is 0.675. The normalized spacial score (nSPS) is 10.0. The summed E-state index contributed by atoms with van der Waals surface area (Å²) in [6.45, 7) is 6.76. The van der Waals surface area contributed by atoms with E-state index in [9.17, 15) is 9.59 Å². The molecule has 0 aliphatic heterocycles. The number of rotatable bonds is 6. The molecule has 0 fully saturated rings. The van der Waals surface area contributed by atoms with Gasteiger partial charge >= 0.3 is 0 Å². The van der Waals surface area contributed by atoms with Crippen LogP contribution in [-0.4, -0.2) is 24.9 Å². The number of hydrogen-bond acceptors (Lipinski definition) is 2. The summed E-state index contributed by atoms with van der Waals surface area (Å²) < 4.78 is 0. The van der Waals surface area contributed by atoms with Gasteiger partial charge in [-0.2, -0.15) is 0 Å². The molecule has 0 rings (SSSR count). The van der Waals surface area contributed by atoms with Crippen molar-refractivity contribution in [2.24, 2.45) is 5.92 Å². The molecular weight excluding hydrogens is 180 g/mol. The SMILES string of the molecule is CC(=O)NCCCNC(=O)CC(C)C. The third-order valence-electron chi connectivity index (χ3n) is 1.64. The zero-order chi connectivity index (χ0) is 11.0. The summed E-state index contributed by atoms with van der Waals surface area (Å²) in [7, 11) is 0. The Kier molecular flexibility index (Phi) is 6.80. The molecule has 14 heavy (non-hydrogen) atoms. The molecule has 0 aromatic rings. The number of amides is 2. The smallest absolute Gasteiger partial charge is 0.220 e. The number of carbonyl (C=O) groups is 2. The summed E-state index contributed by atoms with van der Waals surface area (Å²) in [6, 6.07) is 0. The van der Waals surface area contributed by atoms with Crippen LogP contribution in [0.5, 0.6) is 0 Å². The van der Waals surface area contributed by atoms with Crippen molar-refractivity contribution in [3.8, 4) is 0 Å². The van der Waals surface area contributed by atoms with Crippen LogP contribution in [0.3, 0.4) is 0 Å². The molecule has 0 atom stereocenters. The average Bonchev–Trinajstić information content (AvgIpc) is 2.01. The minimum atomic E-state index is -0.0292. The van der Waals surface area contributed by atoms with E-state index in [0.717, 1.165) is 6.42 Å². The fourth-order valence-corrected chi connectivity index (χ4v) is 1.02. The second-order valence-electron chi connectivity index (χ2n) is 3.78. The van der Waals surface area contributed by atoms with Crippen molar-refractivity contribution in [1.29, 1.82) is 0 Å². The van der Waals surface area contributed by atoms with Crippen LogP contribution in [0.2, 0.25) is 0 Å². The fraction of sp³-hybridized carbons (Fsp3) is 0.800. The molecule has 4 heteroatoms. The van der Waals surface area contributed by atoms with Gasteiger partial charge in [0, 0.05) is 26.4 Å². The monoisotopic (exact) mass is 200 g/mol. The summed E-state index contributed by atoms with van der Waals surface area (Å²) in [5.41, 5.74) is 0. The number of carbonyl (C=O) groups excluding carboxylic acids is 2.